The van der Waals surface area contributed by atoms with Crippen LogP contribution in [0.3, 0.4) is 0 Å². The average Bonchev–Trinajstić information content (AvgIpc) is 3.16. The van der Waals surface area contributed by atoms with Crippen molar-refractivity contribution in [2.75, 3.05) is 5.32 Å². The summed E-state index contributed by atoms with van der Waals surface area (Å²) in [5.74, 6) is -2.22. The Kier molecular flexibility index (Phi) is 5.59. The van der Waals surface area contributed by atoms with E-state index in [0.717, 1.165) is 23.4 Å². The van der Waals surface area contributed by atoms with Gasteiger partial charge in [-0.1, -0.05) is 48.0 Å². The molecule has 1 N–H and O–H groups in total. The summed E-state index contributed by atoms with van der Waals surface area (Å²) in [6.45, 7) is 0. The number of amides is 1. The van der Waals surface area contributed by atoms with Crippen LogP contribution < -0.4 is 5.32 Å². The van der Waals surface area contributed by atoms with Crippen molar-refractivity contribution in [1.29, 1.82) is 0 Å². The van der Waals surface area contributed by atoms with Crippen molar-refractivity contribution in [2.45, 2.75) is 6.42 Å². The summed E-state index contributed by atoms with van der Waals surface area (Å²) in [7, 11) is 0. The first-order valence-corrected chi connectivity index (χ1v) is 9.53. The maximum Gasteiger partial charge on any atom is 0.229 e. The number of hydrogen-bond donors (Lipinski definition) is 1. The number of nitrogens with zero attached hydrogens (tertiary/aromatic N) is 2. The van der Waals surface area contributed by atoms with E-state index in [-0.39, 0.29) is 6.42 Å². The second-order valence-corrected chi connectivity index (χ2v) is 7.05. The first-order chi connectivity index (χ1) is 14.5. The van der Waals surface area contributed by atoms with Crippen LogP contribution in [0.1, 0.15) is 5.56 Å². The lowest BCUT2D eigenvalue weighted by Crippen LogP contribution is -2.16. The van der Waals surface area contributed by atoms with Gasteiger partial charge < -0.3 is 5.32 Å². The highest BCUT2D eigenvalue weighted by Crippen LogP contribution is 2.26. The highest BCUT2D eigenvalue weighted by Gasteiger charge is 2.18. The summed E-state index contributed by atoms with van der Waals surface area (Å²) in [5.41, 5.74) is 2.31. The lowest BCUT2D eigenvalue weighted by Gasteiger charge is -2.07. The van der Waals surface area contributed by atoms with E-state index in [9.17, 15) is 13.6 Å². The first kappa shape index (κ1) is 19.8. The van der Waals surface area contributed by atoms with Crippen LogP contribution in [-0.4, -0.2) is 15.7 Å². The van der Waals surface area contributed by atoms with Crippen molar-refractivity contribution < 1.29 is 13.6 Å². The van der Waals surface area contributed by atoms with Crippen molar-refractivity contribution in [2.24, 2.45) is 0 Å². The predicted octanol–water partition coefficient (Wildman–Crippen LogP) is 5.65. The summed E-state index contributed by atoms with van der Waals surface area (Å²) in [5, 5.41) is 7.52. The molecule has 0 radical (unpaired) electrons. The van der Waals surface area contributed by atoms with Gasteiger partial charge in [0.15, 0.2) is 0 Å². The van der Waals surface area contributed by atoms with Gasteiger partial charge in [0.05, 0.1) is 17.8 Å². The van der Waals surface area contributed by atoms with E-state index in [0.29, 0.717) is 16.3 Å². The molecule has 0 saturated heterocycles. The Morgan fingerprint density at radius 3 is 2.27 bits per heavy atom. The monoisotopic (exact) mass is 423 g/mol. The molecule has 30 heavy (non-hydrogen) atoms. The molecular weight excluding hydrogens is 408 g/mol. The van der Waals surface area contributed by atoms with E-state index >= 15 is 0 Å². The molecule has 3 aromatic carbocycles. The average molecular weight is 424 g/mol. The Labute approximate surface area is 176 Å². The maximum atomic E-state index is 13.9. The number of nitrogens with one attached hydrogen (secondary N) is 1. The molecule has 0 saturated carbocycles. The number of para-hydroxylation sites is 2. The van der Waals surface area contributed by atoms with Gasteiger partial charge in [0.1, 0.15) is 17.3 Å². The molecule has 0 aliphatic rings. The molecule has 0 bridgehead atoms. The normalized spacial score (nSPS) is 10.8. The lowest BCUT2D eigenvalue weighted by molar-refractivity contribution is -0.115. The first-order valence-electron chi connectivity index (χ1n) is 9.15. The summed E-state index contributed by atoms with van der Waals surface area (Å²) in [6.07, 6.45) is 1.62. The predicted molar refractivity (Wildman–Crippen MR) is 113 cm³/mol. The number of halogens is 3. The van der Waals surface area contributed by atoms with E-state index in [4.69, 9.17) is 11.6 Å². The van der Waals surface area contributed by atoms with Crippen molar-refractivity contribution >= 4 is 23.2 Å². The zero-order chi connectivity index (χ0) is 21.1. The third-order valence-corrected chi connectivity index (χ3v) is 4.76. The quantitative estimate of drug-likeness (QED) is 0.450. The Balaban J connectivity index is 1.68. The fourth-order valence-corrected chi connectivity index (χ4v) is 3.20. The van der Waals surface area contributed by atoms with Crippen LogP contribution in [0.25, 0.3) is 16.9 Å². The molecule has 0 atom stereocenters. The van der Waals surface area contributed by atoms with Gasteiger partial charge >= 0.3 is 0 Å². The zero-order valence-corrected chi connectivity index (χ0v) is 16.4. The van der Waals surface area contributed by atoms with E-state index in [2.05, 4.69) is 10.4 Å². The minimum Gasteiger partial charge on any atom is -0.321 e. The highest BCUT2D eigenvalue weighted by molar-refractivity contribution is 6.30. The Hall–Kier alpha value is -3.51. The van der Waals surface area contributed by atoms with Gasteiger partial charge in [-0.25, -0.2) is 13.5 Å². The molecular formula is C23H16ClF2N3O. The fourth-order valence-electron chi connectivity index (χ4n) is 3.08. The van der Waals surface area contributed by atoms with Crippen molar-refractivity contribution in [3.8, 4) is 16.9 Å². The lowest BCUT2D eigenvalue weighted by atomic mass is 10.1. The van der Waals surface area contributed by atoms with Gasteiger partial charge in [-0.05, 0) is 36.4 Å². The SMILES string of the molecule is O=C(Cc1cn(-c2ccccc2)nc1-c1ccc(Cl)cc1)Nc1c(F)cccc1F. The number of rotatable bonds is 5. The van der Waals surface area contributed by atoms with Gasteiger partial charge in [0, 0.05) is 22.3 Å². The molecule has 0 aliphatic carbocycles. The minimum absolute atomic E-state index is 0.113. The minimum atomic E-state index is -0.832. The molecule has 0 unspecified atom stereocenters. The van der Waals surface area contributed by atoms with Crippen LogP contribution >= 0.6 is 11.6 Å². The van der Waals surface area contributed by atoms with Crippen LogP contribution in [-0.2, 0) is 11.2 Å². The van der Waals surface area contributed by atoms with E-state index in [1.165, 1.54) is 6.07 Å². The number of anilines is 1. The van der Waals surface area contributed by atoms with Gasteiger partial charge in [-0.15, -0.1) is 0 Å². The summed E-state index contributed by atoms with van der Waals surface area (Å²) >= 11 is 5.98. The van der Waals surface area contributed by atoms with Crippen LogP contribution in [0.15, 0.2) is 79.0 Å². The summed E-state index contributed by atoms with van der Waals surface area (Å²) < 4.78 is 29.4. The Morgan fingerprint density at radius 2 is 1.60 bits per heavy atom. The standard InChI is InChI=1S/C23H16ClF2N3O/c24-17-11-9-15(10-12-17)22-16(14-29(28-22)18-5-2-1-3-6-18)13-21(30)27-23-19(25)7-4-8-20(23)26/h1-12,14H,13H2,(H,27,30). The molecule has 4 rings (SSSR count). The number of carbonyl (C=O) groups excluding carboxylic acids is 1. The molecule has 4 aromatic rings. The van der Waals surface area contributed by atoms with Gasteiger partial charge in [0.2, 0.25) is 5.91 Å². The van der Waals surface area contributed by atoms with Crippen molar-refractivity contribution in [3.05, 3.63) is 101 Å². The summed E-state index contributed by atoms with van der Waals surface area (Å²) in [6, 6.07) is 19.9. The maximum absolute atomic E-state index is 13.9. The molecule has 1 heterocycles. The second kappa shape index (κ2) is 8.47. The van der Waals surface area contributed by atoms with Crippen LogP contribution in [0, 0.1) is 11.6 Å². The molecule has 0 aliphatic heterocycles. The molecule has 7 heteroatoms. The van der Waals surface area contributed by atoms with E-state index in [1.807, 2.05) is 30.3 Å². The van der Waals surface area contributed by atoms with Crippen LogP contribution in [0.4, 0.5) is 14.5 Å². The molecule has 0 fully saturated rings. The van der Waals surface area contributed by atoms with E-state index < -0.39 is 23.2 Å². The molecule has 1 aromatic heterocycles. The highest BCUT2D eigenvalue weighted by atomic mass is 35.5. The molecule has 1 amide bonds. The number of benzene rings is 3. The molecule has 150 valence electrons. The Morgan fingerprint density at radius 1 is 0.933 bits per heavy atom. The largest absolute Gasteiger partial charge is 0.321 e. The van der Waals surface area contributed by atoms with Crippen LogP contribution in [0.5, 0.6) is 0 Å². The smallest absolute Gasteiger partial charge is 0.229 e. The number of aromatic nitrogens is 2. The second-order valence-electron chi connectivity index (χ2n) is 6.61. The van der Waals surface area contributed by atoms with Gasteiger partial charge in [-0.2, -0.15) is 5.10 Å². The van der Waals surface area contributed by atoms with Gasteiger partial charge in [-0.3, -0.25) is 4.79 Å². The van der Waals surface area contributed by atoms with Crippen molar-refractivity contribution in [1.82, 2.24) is 9.78 Å². The third kappa shape index (κ3) is 4.23. The Bertz CT molecular complexity index is 1170. The topological polar surface area (TPSA) is 46.9 Å². The number of hydrogen-bond acceptors (Lipinski definition) is 2. The number of carbonyl (C=O) groups is 1. The zero-order valence-electron chi connectivity index (χ0n) is 15.6. The fraction of sp³-hybridized carbons (Fsp3) is 0.0435. The van der Waals surface area contributed by atoms with Crippen LogP contribution in [0.2, 0.25) is 5.02 Å². The third-order valence-electron chi connectivity index (χ3n) is 4.51. The molecule has 4 nitrogen and oxygen atoms in total. The van der Waals surface area contributed by atoms with Gasteiger partial charge in [0.25, 0.3) is 0 Å². The molecule has 0 spiro atoms. The summed E-state index contributed by atoms with van der Waals surface area (Å²) in [4.78, 5) is 12.6. The van der Waals surface area contributed by atoms with Crippen molar-refractivity contribution in [3.63, 3.8) is 0 Å². The van der Waals surface area contributed by atoms with E-state index in [1.54, 1.807) is 35.1 Å².